The second kappa shape index (κ2) is 9.96. The van der Waals surface area contributed by atoms with E-state index in [9.17, 15) is 9.90 Å². The summed E-state index contributed by atoms with van der Waals surface area (Å²) in [5.41, 5.74) is 2.36. The van der Waals surface area contributed by atoms with Gasteiger partial charge in [-0.25, -0.2) is 4.98 Å². The van der Waals surface area contributed by atoms with E-state index in [0.29, 0.717) is 35.4 Å². The Labute approximate surface area is 168 Å². The van der Waals surface area contributed by atoms with Gasteiger partial charge < -0.3 is 19.7 Å². The van der Waals surface area contributed by atoms with Crippen LogP contribution in [0.15, 0.2) is 66.0 Å². The summed E-state index contributed by atoms with van der Waals surface area (Å²) in [6.07, 6.45) is 1.82. The zero-order valence-corrected chi connectivity index (χ0v) is 16.5. The van der Waals surface area contributed by atoms with Crippen LogP contribution in [-0.4, -0.2) is 32.9 Å². The molecular formula is C21H23N3O3S. The second-order valence-electron chi connectivity index (χ2n) is 6.05. The highest BCUT2D eigenvalue weighted by Crippen LogP contribution is 2.25. The third-order valence-electron chi connectivity index (χ3n) is 3.94. The van der Waals surface area contributed by atoms with Gasteiger partial charge in [-0.05, 0) is 24.6 Å². The van der Waals surface area contributed by atoms with Crippen molar-refractivity contribution < 1.29 is 14.6 Å². The quantitative estimate of drug-likeness (QED) is 0.540. The number of nitrogens with one attached hydrogen (secondary N) is 1. The van der Waals surface area contributed by atoms with E-state index in [2.05, 4.69) is 10.3 Å². The first-order chi connectivity index (χ1) is 13.7. The number of anilines is 1. The van der Waals surface area contributed by atoms with Crippen LogP contribution < -0.4 is 10.1 Å². The largest absolute Gasteiger partial charge is 0.492 e. The van der Waals surface area contributed by atoms with Crippen LogP contribution in [0.2, 0.25) is 0 Å². The summed E-state index contributed by atoms with van der Waals surface area (Å²) in [4.78, 5) is 16.8. The molecule has 7 heteroatoms. The lowest BCUT2D eigenvalue weighted by Gasteiger charge is -2.11. The first-order valence-electron chi connectivity index (χ1n) is 9.05. The van der Waals surface area contributed by atoms with Gasteiger partial charge >= 0.3 is 0 Å². The zero-order valence-electron chi connectivity index (χ0n) is 15.7. The number of thioether (sulfide) groups is 1. The molecule has 6 nitrogen and oxygen atoms in total. The molecule has 2 aromatic carbocycles. The van der Waals surface area contributed by atoms with Crippen LogP contribution in [0.4, 0.5) is 5.69 Å². The number of benzene rings is 2. The standard InChI is InChI=1S/C21H23N3O3S/c1-2-27-19-11-7-6-10-18(19)23-20(26)15-28-21-22-17(14-25)13-24(21)12-16-8-4-3-5-9-16/h3-11,13,25H,2,12,14-15H2,1H3,(H,23,26). The maximum Gasteiger partial charge on any atom is 0.234 e. The number of carbonyl (C=O) groups excluding carboxylic acids is 1. The average Bonchev–Trinajstić information content (AvgIpc) is 3.11. The van der Waals surface area contributed by atoms with Crippen LogP contribution in [0.3, 0.4) is 0 Å². The SMILES string of the molecule is CCOc1ccccc1NC(=O)CSc1nc(CO)cn1Cc1ccccc1. The lowest BCUT2D eigenvalue weighted by Crippen LogP contribution is -2.15. The highest BCUT2D eigenvalue weighted by Gasteiger charge is 2.13. The van der Waals surface area contributed by atoms with Crippen LogP contribution in [0, 0.1) is 0 Å². The number of para-hydroxylation sites is 2. The fraction of sp³-hybridized carbons (Fsp3) is 0.238. The Morgan fingerprint density at radius 1 is 1.18 bits per heavy atom. The molecule has 0 aliphatic rings. The van der Waals surface area contributed by atoms with Gasteiger partial charge in [0.1, 0.15) is 5.75 Å². The molecule has 1 amide bonds. The predicted molar refractivity (Wildman–Crippen MR) is 111 cm³/mol. The van der Waals surface area contributed by atoms with Gasteiger partial charge in [0.15, 0.2) is 5.16 Å². The molecule has 0 bridgehead atoms. The van der Waals surface area contributed by atoms with E-state index < -0.39 is 0 Å². The summed E-state index contributed by atoms with van der Waals surface area (Å²) in [5, 5.41) is 13.0. The number of ether oxygens (including phenoxy) is 1. The number of amides is 1. The molecular weight excluding hydrogens is 374 g/mol. The van der Waals surface area contributed by atoms with Gasteiger partial charge in [-0.3, -0.25) is 4.79 Å². The molecule has 0 spiro atoms. The third kappa shape index (κ3) is 5.37. The lowest BCUT2D eigenvalue weighted by molar-refractivity contribution is -0.113. The molecule has 0 fully saturated rings. The number of aliphatic hydroxyl groups is 1. The molecule has 1 aromatic heterocycles. The van der Waals surface area contributed by atoms with Gasteiger partial charge in [-0.1, -0.05) is 54.2 Å². The molecule has 0 saturated carbocycles. The normalized spacial score (nSPS) is 10.6. The first kappa shape index (κ1) is 20.0. The monoisotopic (exact) mass is 397 g/mol. The highest BCUT2D eigenvalue weighted by molar-refractivity contribution is 7.99. The number of hydrogen-bond donors (Lipinski definition) is 2. The molecule has 2 N–H and O–H groups in total. The summed E-state index contributed by atoms with van der Waals surface area (Å²) in [6, 6.07) is 17.4. The fourth-order valence-electron chi connectivity index (χ4n) is 2.70. The molecule has 0 aliphatic carbocycles. The van der Waals surface area contributed by atoms with E-state index in [1.807, 2.05) is 72.3 Å². The van der Waals surface area contributed by atoms with Crippen LogP contribution in [-0.2, 0) is 17.9 Å². The van der Waals surface area contributed by atoms with Crippen molar-refractivity contribution in [3.8, 4) is 5.75 Å². The molecule has 3 aromatic rings. The number of rotatable bonds is 9. The smallest absolute Gasteiger partial charge is 0.234 e. The Bertz CT molecular complexity index is 912. The highest BCUT2D eigenvalue weighted by atomic mass is 32.2. The van der Waals surface area contributed by atoms with Crippen molar-refractivity contribution in [2.45, 2.75) is 25.2 Å². The molecule has 0 unspecified atom stereocenters. The Morgan fingerprint density at radius 3 is 2.68 bits per heavy atom. The average molecular weight is 398 g/mol. The van der Waals surface area contributed by atoms with Gasteiger partial charge in [0.2, 0.25) is 5.91 Å². The Morgan fingerprint density at radius 2 is 1.93 bits per heavy atom. The van der Waals surface area contributed by atoms with Crippen molar-refractivity contribution >= 4 is 23.4 Å². The van der Waals surface area contributed by atoms with E-state index in [1.54, 1.807) is 0 Å². The van der Waals surface area contributed by atoms with Gasteiger partial charge in [-0.2, -0.15) is 0 Å². The lowest BCUT2D eigenvalue weighted by atomic mass is 10.2. The van der Waals surface area contributed by atoms with Crippen molar-refractivity contribution in [3.05, 3.63) is 72.1 Å². The molecule has 0 radical (unpaired) electrons. The molecule has 0 saturated heterocycles. The number of carbonyl (C=O) groups is 1. The number of aromatic nitrogens is 2. The van der Waals surface area contributed by atoms with E-state index >= 15 is 0 Å². The van der Waals surface area contributed by atoms with Crippen LogP contribution in [0.1, 0.15) is 18.2 Å². The Balaban J connectivity index is 1.65. The fourth-order valence-corrected chi connectivity index (χ4v) is 3.50. The minimum atomic E-state index is -0.142. The van der Waals surface area contributed by atoms with Crippen molar-refractivity contribution in [1.29, 1.82) is 0 Å². The maximum absolute atomic E-state index is 12.4. The van der Waals surface area contributed by atoms with Gasteiger partial charge in [0.05, 0.1) is 30.3 Å². The predicted octanol–water partition coefficient (Wildman–Crippen LogP) is 3.55. The second-order valence-corrected chi connectivity index (χ2v) is 6.99. The Hall–Kier alpha value is -2.77. The Kier molecular flexibility index (Phi) is 7.11. The number of hydrogen-bond acceptors (Lipinski definition) is 5. The third-order valence-corrected chi connectivity index (χ3v) is 4.93. The van der Waals surface area contributed by atoms with Crippen LogP contribution >= 0.6 is 11.8 Å². The minimum absolute atomic E-state index is 0.136. The number of nitrogens with zero attached hydrogens (tertiary/aromatic N) is 2. The molecule has 3 rings (SSSR count). The van der Waals surface area contributed by atoms with Crippen molar-refractivity contribution in [2.24, 2.45) is 0 Å². The van der Waals surface area contributed by atoms with E-state index in [4.69, 9.17) is 4.74 Å². The number of imidazole rings is 1. The van der Waals surface area contributed by atoms with E-state index in [0.717, 1.165) is 5.56 Å². The first-order valence-corrected chi connectivity index (χ1v) is 10.0. The minimum Gasteiger partial charge on any atom is -0.492 e. The van der Waals surface area contributed by atoms with Crippen LogP contribution in [0.5, 0.6) is 5.75 Å². The van der Waals surface area contributed by atoms with Crippen molar-refractivity contribution in [1.82, 2.24) is 9.55 Å². The topological polar surface area (TPSA) is 76.4 Å². The van der Waals surface area contributed by atoms with E-state index in [-0.39, 0.29) is 18.3 Å². The van der Waals surface area contributed by atoms with Crippen molar-refractivity contribution in [2.75, 3.05) is 17.7 Å². The van der Waals surface area contributed by atoms with Gasteiger partial charge in [-0.15, -0.1) is 0 Å². The van der Waals surface area contributed by atoms with Gasteiger partial charge in [0.25, 0.3) is 0 Å². The maximum atomic E-state index is 12.4. The molecule has 28 heavy (non-hydrogen) atoms. The summed E-state index contributed by atoms with van der Waals surface area (Å²) in [6.45, 7) is 2.93. The van der Waals surface area contributed by atoms with Gasteiger partial charge in [0, 0.05) is 12.7 Å². The summed E-state index contributed by atoms with van der Waals surface area (Å²) >= 11 is 1.34. The van der Waals surface area contributed by atoms with Crippen molar-refractivity contribution in [3.63, 3.8) is 0 Å². The molecule has 146 valence electrons. The summed E-state index contributed by atoms with van der Waals surface area (Å²) in [5.74, 6) is 0.713. The summed E-state index contributed by atoms with van der Waals surface area (Å²) in [7, 11) is 0. The zero-order chi connectivity index (χ0) is 19.8. The number of aliphatic hydroxyl groups excluding tert-OH is 1. The summed E-state index contributed by atoms with van der Waals surface area (Å²) < 4.78 is 7.49. The molecule has 1 heterocycles. The molecule has 0 atom stereocenters. The van der Waals surface area contributed by atoms with Crippen LogP contribution in [0.25, 0.3) is 0 Å². The van der Waals surface area contributed by atoms with E-state index in [1.165, 1.54) is 11.8 Å². The molecule has 0 aliphatic heterocycles.